The first-order chi connectivity index (χ1) is 8.15. The van der Waals surface area contributed by atoms with E-state index in [1.165, 1.54) is 0 Å². The van der Waals surface area contributed by atoms with Crippen molar-refractivity contribution in [2.45, 2.75) is 13.5 Å². The number of aromatic nitrogens is 3. The Bertz CT molecular complexity index is 541. The van der Waals surface area contributed by atoms with Gasteiger partial charge in [0.05, 0.1) is 6.54 Å². The first-order valence-corrected chi connectivity index (χ1v) is 5.64. The van der Waals surface area contributed by atoms with Gasteiger partial charge in [-0.25, -0.2) is 4.98 Å². The molecule has 0 radical (unpaired) electrons. The molecule has 0 aliphatic heterocycles. The van der Waals surface area contributed by atoms with Gasteiger partial charge in [-0.2, -0.15) is 4.98 Å². The predicted octanol–water partition coefficient (Wildman–Crippen LogP) is 1.47. The Morgan fingerprint density at radius 1 is 1.47 bits per heavy atom. The van der Waals surface area contributed by atoms with Crippen LogP contribution in [-0.4, -0.2) is 21.0 Å². The second kappa shape index (κ2) is 5.05. The minimum atomic E-state index is -0.290. The molecule has 2 aromatic rings. The van der Waals surface area contributed by atoms with E-state index in [2.05, 4.69) is 36.4 Å². The van der Waals surface area contributed by atoms with Crippen molar-refractivity contribution in [2.24, 2.45) is 0 Å². The number of nitrogens with one attached hydrogen (secondary N) is 1. The molecule has 0 bridgehead atoms. The predicted molar refractivity (Wildman–Crippen MR) is 62.1 cm³/mol. The number of pyridine rings is 1. The first kappa shape index (κ1) is 11.7. The summed E-state index contributed by atoms with van der Waals surface area (Å²) in [5.74, 6) is 0.614. The molecule has 17 heavy (non-hydrogen) atoms. The van der Waals surface area contributed by atoms with E-state index in [1.54, 1.807) is 25.1 Å². The summed E-state index contributed by atoms with van der Waals surface area (Å²) < 4.78 is 5.48. The highest BCUT2D eigenvalue weighted by molar-refractivity contribution is 9.10. The fourth-order valence-electron chi connectivity index (χ4n) is 1.19. The summed E-state index contributed by atoms with van der Waals surface area (Å²) in [4.78, 5) is 19.7. The lowest BCUT2D eigenvalue weighted by molar-refractivity contribution is 0.0941. The molecule has 0 spiro atoms. The van der Waals surface area contributed by atoms with Crippen LogP contribution in [0.5, 0.6) is 0 Å². The van der Waals surface area contributed by atoms with Crippen LogP contribution in [-0.2, 0) is 6.54 Å². The molecule has 0 fully saturated rings. The summed E-state index contributed by atoms with van der Waals surface area (Å²) in [6.45, 7) is 1.90. The molecule has 2 rings (SSSR count). The number of hydrogen-bond acceptors (Lipinski definition) is 5. The van der Waals surface area contributed by atoms with Gasteiger partial charge in [0.15, 0.2) is 5.82 Å². The molecule has 88 valence electrons. The number of aryl methyl sites for hydroxylation is 1. The van der Waals surface area contributed by atoms with Gasteiger partial charge in [-0.05, 0) is 35.0 Å². The van der Waals surface area contributed by atoms with Gasteiger partial charge in [-0.3, -0.25) is 4.79 Å². The quantitative estimate of drug-likeness (QED) is 0.868. The molecule has 0 saturated heterocycles. The Kier molecular flexibility index (Phi) is 3.48. The summed E-state index contributed by atoms with van der Waals surface area (Å²) in [6, 6.07) is 5.11. The zero-order chi connectivity index (χ0) is 12.3. The van der Waals surface area contributed by atoms with Crippen molar-refractivity contribution < 1.29 is 9.32 Å². The van der Waals surface area contributed by atoms with Crippen LogP contribution in [0.3, 0.4) is 0 Å². The number of carbonyl (C=O) groups excluding carboxylic acids is 1. The molecule has 0 unspecified atom stereocenters. The Labute approximate surface area is 106 Å². The lowest BCUT2D eigenvalue weighted by Crippen LogP contribution is -2.23. The molecule has 6 nitrogen and oxygen atoms in total. The summed E-state index contributed by atoms with van der Waals surface area (Å²) in [5, 5.41) is 6.26. The second-order valence-corrected chi connectivity index (χ2v) is 4.08. The molecular weight excluding hydrogens is 288 g/mol. The van der Waals surface area contributed by atoms with Crippen molar-refractivity contribution in [1.29, 1.82) is 0 Å². The number of carbonyl (C=O) groups is 1. The van der Waals surface area contributed by atoms with E-state index < -0.39 is 0 Å². The van der Waals surface area contributed by atoms with Gasteiger partial charge in [-0.15, -0.1) is 0 Å². The second-order valence-electron chi connectivity index (χ2n) is 3.26. The van der Waals surface area contributed by atoms with Crippen LogP contribution < -0.4 is 5.32 Å². The van der Waals surface area contributed by atoms with Crippen LogP contribution in [0.2, 0.25) is 0 Å². The van der Waals surface area contributed by atoms with Crippen LogP contribution >= 0.6 is 15.9 Å². The number of halogens is 1. The van der Waals surface area contributed by atoms with Crippen LogP contribution in [0.25, 0.3) is 0 Å². The number of nitrogens with zero attached hydrogens (tertiary/aromatic N) is 3. The normalized spacial score (nSPS) is 10.2. The molecule has 2 aromatic heterocycles. The SMILES string of the molecule is Cc1noc(CNC(=O)c2cccc(Br)n2)n1. The highest BCUT2D eigenvalue weighted by atomic mass is 79.9. The van der Waals surface area contributed by atoms with E-state index in [0.717, 1.165) is 0 Å². The zero-order valence-electron chi connectivity index (χ0n) is 8.98. The molecule has 7 heteroatoms. The van der Waals surface area contributed by atoms with E-state index in [4.69, 9.17) is 4.52 Å². The van der Waals surface area contributed by atoms with E-state index >= 15 is 0 Å². The van der Waals surface area contributed by atoms with E-state index in [-0.39, 0.29) is 12.5 Å². The third-order valence-corrected chi connectivity index (χ3v) is 2.36. The Morgan fingerprint density at radius 2 is 2.29 bits per heavy atom. The molecule has 0 aliphatic rings. The smallest absolute Gasteiger partial charge is 0.270 e. The third kappa shape index (κ3) is 3.10. The lowest BCUT2D eigenvalue weighted by Gasteiger charge is -2.01. The van der Waals surface area contributed by atoms with Crippen LogP contribution in [0.1, 0.15) is 22.2 Å². The molecule has 0 aliphatic carbocycles. The van der Waals surface area contributed by atoms with Gasteiger partial charge in [-0.1, -0.05) is 11.2 Å². The largest absolute Gasteiger partial charge is 0.342 e. The van der Waals surface area contributed by atoms with E-state index in [1.807, 2.05) is 0 Å². The topological polar surface area (TPSA) is 80.9 Å². The maximum absolute atomic E-state index is 11.7. The van der Waals surface area contributed by atoms with Crippen molar-refractivity contribution >= 4 is 21.8 Å². The van der Waals surface area contributed by atoms with Crippen molar-refractivity contribution in [3.8, 4) is 0 Å². The van der Waals surface area contributed by atoms with Crippen molar-refractivity contribution in [3.05, 3.63) is 40.2 Å². The molecule has 0 atom stereocenters. The molecule has 1 amide bonds. The Balaban J connectivity index is 1.98. The third-order valence-electron chi connectivity index (χ3n) is 1.92. The molecule has 0 saturated carbocycles. The molecule has 0 aromatic carbocycles. The van der Waals surface area contributed by atoms with Gasteiger partial charge in [0.25, 0.3) is 5.91 Å². The van der Waals surface area contributed by atoms with Crippen molar-refractivity contribution in [1.82, 2.24) is 20.4 Å². The average Bonchev–Trinajstić information content (AvgIpc) is 2.72. The highest BCUT2D eigenvalue weighted by Crippen LogP contribution is 2.06. The monoisotopic (exact) mass is 296 g/mol. The van der Waals surface area contributed by atoms with Crippen LogP contribution in [0.4, 0.5) is 0 Å². The highest BCUT2D eigenvalue weighted by Gasteiger charge is 2.09. The number of amides is 1. The Hall–Kier alpha value is -1.76. The van der Waals surface area contributed by atoms with E-state index in [0.29, 0.717) is 22.0 Å². The van der Waals surface area contributed by atoms with Gasteiger partial charge in [0.1, 0.15) is 10.3 Å². The standard InChI is InChI=1S/C10H9BrN4O2/c1-6-13-9(17-15-6)5-12-10(16)7-3-2-4-8(11)14-7/h2-4H,5H2,1H3,(H,12,16). The fraction of sp³-hybridized carbons (Fsp3) is 0.200. The first-order valence-electron chi connectivity index (χ1n) is 4.85. The minimum absolute atomic E-state index is 0.188. The van der Waals surface area contributed by atoms with Crippen LogP contribution in [0, 0.1) is 6.92 Å². The van der Waals surface area contributed by atoms with E-state index in [9.17, 15) is 4.79 Å². The number of hydrogen-bond donors (Lipinski definition) is 1. The average molecular weight is 297 g/mol. The van der Waals surface area contributed by atoms with Gasteiger partial charge < -0.3 is 9.84 Å². The minimum Gasteiger partial charge on any atom is -0.342 e. The molecular formula is C10H9BrN4O2. The maximum Gasteiger partial charge on any atom is 0.270 e. The molecule has 1 N–H and O–H groups in total. The maximum atomic E-state index is 11.7. The van der Waals surface area contributed by atoms with Gasteiger partial charge in [0, 0.05) is 0 Å². The summed E-state index contributed by atoms with van der Waals surface area (Å²) in [7, 11) is 0. The summed E-state index contributed by atoms with van der Waals surface area (Å²) >= 11 is 3.20. The fourth-order valence-corrected chi connectivity index (χ4v) is 1.54. The molecule has 2 heterocycles. The lowest BCUT2D eigenvalue weighted by atomic mass is 10.3. The van der Waals surface area contributed by atoms with Gasteiger partial charge in [0.2, 0.25) is 5.89 Å². The van der Waals surface area contributed by atoms with Crippen LogP contribution in [0.15, 0.2) is 27.3 Å². The summed E-state index contributed by atoms with van der Waals surface area (Å²) in [6.07, 6.45) is 0. The number of rotatable bonds is 3. The summed E-state index contributed by atoms with van der Waals surface area (Å²) in [5.41, 5.74) is 0.329. The van der Waals surface area contributed by atoms with Gasteiger partial charge >= 0.3 is 0 Å². The van der Waals surface area contributed by atoms with Crippen molar-refractivity contribution in [3.63, 3.8) is 0 Å². The zero-order valence-corrected chi connectivity index (χ0v) is 10.6. The van der Waals surface area contributed by atoms with Crippen molar-refractivity contribution in [2.75, 3.05) is 0 Å². The Morgan fingerprint density at radius 3 is 2.94 bits per heavy atom.